The minimum Gasteiger partial charge on any atom is -0.403 e. The number of hydrogen-bond acceptors (Lipinski definition) is 7. The van der Waals surface area contributed by atoms with E-state index in [-0.39, 0.29) is 52.2 Å². The minimum absolute atomic E-state index is 0.0198. The Bertz CT molecular complexity index is 1360. The van der Waals surface area contributed by atoms with E-state index in [1.165, 1.54) is 18.2 Å². The fourth-order valence-corrected chi connectivity index (χ4v) is 3.58. The first-order chi connectivity index (χ1) is 17.2. The molecule has 0 aliphatic carbocycles. The van der Waals surface area contributed by atoms with Gasteiger partial charge in [0.1, 0.15) is 11.6 Å². The van der Waals surface area contributed by atoms with Crippen molar-refractivity contribution in [1.29, 1.82) is 0 Å². The van der Waals surface area contributed by atoms with Gasteiger partial charge >= 0.3 is 5.91 Å². The van der Waals surface area contributed by atoms with Crippen molar-refractivity contribution in [2.24, 2.45) is 10.7 Å². The Morgan fingerprint density at radius 3 is 2.72 bits per heavy atom. The van der Waals surface area contributed by atoms with Gasteiger partial charge in [0.05, 0.1) is 18.2 Å². The van der Waals surface area contributed by atoms with Crippen LogP contribution in [0.25, 0.3) is 22.5 Å². The number of nitrogens with zero attached hydrogens (tertiary/aromatic N) is 3. The van der Waals surface area contributed by atoms with Crippen LogP contribution in [0.15, 0.2) is 51.7 Å². The number of hydrazine groups is 1. The van der Waals surface area contributed by atoms with Gasteiger partial charge in [-0.2, -0.15) is 4.98 Å². The number of hydrogen-bond donors (Lipinski definition) is 4. The van der Waals surface area contributed by atoms with Gasteiger partial charge in [0.2, 0.25) is 23.4 Å². The summed E-state index contributed by atoms with van der Waals surface area (Å²) in [6.45, 7) is 3.39. The highest BCUT2D eigenvalue weighted by Gasteiger charge is 2.22. The molecular formula is C23H22ClF2N7O3. The van der Waals surface area contributed by atoms with Crippen LogP contribution in [0.2, 0.25) is 5.02 Å². The highest BCUT2D eigenvalue weighted by molar-refractivity contribution is 6.31. The van der Waals surface area contributed by atoms with Crippen LogP contribution in [-0.4, -0.2) is 28.0 Å². The van der Waals surface area contributed by atoms with E-state index in [2.05, 4.69) is 31.5 Å². The van der Waals surface area contributed by atoms with Crippen molar-refractivity contribution in [2.45, 2.75) is 32.9 Å². The highest BCUT2D eigenvalue weighted by atomic mass is 35.5. The summed E-state index contributed by atoms with van der Waals surface area (Å²) in [5, 5.41) is 3.89. The van der Waals surface area contributed by atoms with Crippen LogP contribution >= 0.6 is 11.6 Å². The Labute approximate surface area is 209 Å². The summed E-state index contributed by atoms with van der Waals surface area (Å²) in [4.78, 5) is 25.2. The molecule has 4 rings (SSSR count). The van der Waals surface area contributed by atoms with Crippen molar-refractivity contribution < 1.29 is 22.9 Å². The number of halogens is 3. The predicted molar refractivity (Wildman–Crippen MR) is 128 cm³/mol. The van der Waals surface area contributed by atoms with Crippen molar-refractivity contribution in [2.75, 3.05) is 0 Å². The van der Waals surface area contributed by atoms with Gasteiger partial charge in [0, 0.05) is 17.5 Å². The molecule has 0 saturated carbocycles. The molecule has 13 heteroatoms. The number of hydroxylamine groups is 1. The van der Waals surface area contributed by atoms with Crippen LogP contribution in [-0.2, 0) is 16.2 Å². The van der Waals surface area contributed by atoms with E-state index in [0.29, 0.717) is 11.1 Å². The van der Waals surface area contributed by atoms with E-state index >= 15 is 0 Å². The molecule has 0 bridgehead atoms. The predicted octanol–water partition coefficient (Wildman–Crippen LogP) is 3.28. The van der Waals surface area contributed by atoms with E-state index in [1.54, 1.807) is 19.1 Å². The number of amides is 1. The zero-order valence-electron chi connectivity index (χ0n) is 19.2. The Morgan fingerprint density at radius 2 is 2.06 bits per heavy atom. The molecule has 1 amide bonds. The Hall–Kier alpha value is -4.03. The van der Waals surface area contributed by atoms with E-state index in [4.69, 9.17) is 26.7 Å². The average Bonchev–Trinajstić information content (AvgIpc) is 3.50. The molecule has 188 valence electrons. The lowest BCUT2D eigenvalue weighted by molar-refractivity contribution is -0.122. The van der Waals surface area contributed by atoms with E-state index in [9.17, 15) is 13.6 Å². The number of aliphatic imine (C=N–C) groups is 1. The fourth-order valence-electron chi connectivity index (χ4n) is 3.38. The number of aryl methyl sites for hydroxylation is 1. The van der Waals surface area contributed by atoms with E-state index in [0.717, 1.165) is 12.5 Å². The van der Waals surface area contributed by atoms with Gasteiger partial charge in [-0.15, -0.1) is 5.48 Å². The molecule has 10 nitrogen and oxygen atoms in total. The molecule has 1 aromatic heterocycles. The van der Waals surface area contributed by atoms with Crippen molar-refractivity contribution in [1.82, 2.24) is 26.5 Å². The fraction of sp³-hybridized carbons (Fsp3) is 0.217. The Kier molecular flexibility index (Phi) is 7.46. The van der Waals surface area contributed by atoms with Crippen LogP contribution in [0.5, 0.6) is 0 Å². The van der Waals surface area contributed by atoms with Crippen molar-refractivity contribution in [3.8, 4) is 22.5 Å². The minimum atomic E-state index is -0.673. The van der Waals surface area contributed by atoms with Crippen LogP contribution in [0, 0.1) is 18.6 Å². The molecule has 1 aliphatic rings. The summed E-state index contributed by atoms with van der Waals surface area (Å²) in [5.41, 5.74) is 14.1. The lowest BCUT2D eigenvalue weighted by Gasteiger charge is -2.11. The number of nitrogens with two attached hydrogens (primary N) is 1. The molecule has 2 aromatic carbocycles. The average molecular weight is 518 g/mol. The standard InChI is InChI=1S/C23H22ClF2N7O3/c1-3-15-9-19(36-32-15)22(34)30-31-23(27)28-10-13-5-4-12(6-17(13)25)16-7-14(24)8-18(26)20(16)21-29-11(2)35-33-21/h4-9,15,32H,3,10H2,1-2H3,(H,30,34)(H3,27,28,31). The zero-order chi connectivity index (χ0) is 25.8. The second-order valence-electron chi connectivity index (χ2n) is 7.80. The van der Waals surface area contributed by atoms with Crippen LogP contribution in [0.4, 0.5) is 8.78 Å². The molecule has 0 saturated heterocycles. The Morgan fingerprint density at radius 1 is 1.25 bits per heavy atom. The summed E-state index contributed by atoms with van der Waals surface area (Å²) in [5.74, 6) is -1.60. The van der Waals surface area contributed by atoms with Gasteiger partial charge in [0.15, 0.2) is 0 Å². The number of guanidine groups is 1. The van der Waals surface area contributed by atoms with Gasteiger partial charge in [-0.3, -0.25) is 15.6 Å². The lowest BCUT2D eigenvalue weighted by Crippen LogP contribution is -2.46. The highest BCUT2D eigenvalue weighted by Crippen LogP contribution is 2.36. The summed E-state index contributed by atoms with van der Waals surface area (Å²) >= 11 is 6.05. The monoisotopic (exact) mass is 517 g/mol. The molecule has 1 atom stereocenters. The molecule has 0 fully saturated rings. The first kappa shape index (κ1) is 25.1. The maximum atomic E-state index is 14.9. The third kappa shape index (κ3) is 5.61. The number of nitrogens with one attached hydrogen (secondary N) is 3. The first-order valence-corrected chi connectivity index (χ1v) is 11.2. The molecule has 3 aromatic rings. The molecule has 2 heterocycles. The van der Waals surface area contributed by atoms with Gasteiger partial charge in [0.25, 0.3) is 0 Å². The SMILES string of the molecule is CCC1C=C(C(=O)NNC(N)=NCc2ccc(-c3cc(Cl)cc(F)c3-c3noc(C)n3)cc2F)ON1. The third-order valence-electron chi connectivity index (χ3n) is 5.23. The molecule has 1 unspecified atom stereocenters. The lowest BCUT2D eigenvalue weighted by atomic mass is 9.97. The molecule has 0 radical (unpaired) electrons. The summed E-state index contributed by atoms with van der Waals surface area (Å²) in [6, 6.07) is 6.84. The molecule has 5 N–H and O–H groups in total. The van der Waals surface area contributed by atoms with Gasteiger partial charge in [-0.1, -0.05) is 35.8 Å². The van der Waals surface area contributed by atoms with Crippen molar-refractivity contribution in [3.63, 3.8) is 0 Å². The maximum Gasteiger partial charge on any atom is 0.307 e. The maximum absolute atomic E-state index is 14.9. The van der Waals surface area contributed by atoms with E-state index in [1.807, 2.05) is 6.92 Å². The van der Waals surface area contributed by atoms with Crippen LogP contribution in [0.1, 0.15) is 24.8 Å². The molecular weight excluding hydrogens is 496 g/mol. The second-order valence-corrected chi connectivity index (χ2v) is 8.24. The van der Waals surface area contributed by atoms with Crippen molar-refractivity contribution in [3.05, 3.63) is 70.3 Å². The summed E-state index contributed by atoms with van der Waals surface area (Å²) in [6.07, 6.45) is 2.39. The van der Waals surface area contributed by atoms with Gasteiger partial charge in [-0.25, -0.2) is 13.8 Å². The Balaban J connectivity index is 1.47. The zero-order valence-corrected chi connectivity index (χ0v) is 20.0. The van der Waals surface area contributed by atoms with Gasteiger partial charge in [-0.05, 0) is 41.8 Å². The second kappa shape index (κ2) is 10.7. The first-order valence-electron chi connectivity index (χ1n) is 10.8. The third-order valence-corrected chi connectivity index (χ3v) is 5.45. The van der Waals surface area contributed by atoms with E-state index < -0.39 is 17.5 Å². The molecule has 0 spiro atoms. The summed E-state index contributed by atoms with van der Waals surface area (Å²) in [7, 11) is 0. The molecule has 1 aliphatic heterocycles. The number of carbonyl (C=O) groups excluding carboxylic acids is 1. The number of benzene rings is 2. The smallest absolute Gasteiger partial charge is 0.307 e. The van der Waals surface area contributed by atoms with Crippen LogP contribution in [0.3, 0.4) is 0 Å². The summed E-state index contributed by atoms with van der Waals surface area (Å²) < 4.78 is 34.6. The number of carbonyl (C=O) groups is 1. The number of aromatic nitrogens is 2. The topological polar surface area (TPSA) is 140 Å². The molecule has 36 heavy (non-hydrogen) atoms. The normalized spacial score (nSPS) is 15.4. The number of rotatable bonds is 6. The quantitative estimate of drug-likeness (QED) is 0.222. The van der Waals surface area contributed by atoms with Crippen LogP contribution < -0.4 is 22.1 Å². The largest absolute Gasteiger partial charge is 0.403 e. The van der Waals surface area contributed by atoms with Crippen molar-refractivity contribution >= 4 is 23.5 Å². The van der Waals surface area contributed by atoms with Gasteiger partial charge < -0.3 is 15.1 Å².